The lowest BCUT2D eigenvalue weighted by Crippen LogP contribution is -2.34. The monoisotopic (exact) mass is 369 g/mol. The number of alkyl halides is 1. The average molecular weight is 369 g/mol. The van der Waals surface area contributed by atoms with Gasteiger partial charge in [0.15, 0.2) is 0 Å². The molecule has 0 unspecified atom stereocenters. The van der Waals surface area contributed by atoms with E-state index in [1.165, 1.54) is 25.7 Å². The first-order valence-corrected chi connectivity index (χ1v) is 8.89. The zero-order chi connectivity index (χ0) is 19.4. The zero-order valence-electron chi connectivity index (χ0n) is 15.5. The number of hydrogen-bond donors (Lipinski definition) is 1. The van der Waals surface area contributed by atoms with E-state index in [1.54, 1.807) is 17.9 Å². The number of halogens is 1. The maximum absolute atomic E-state index is 11.6. The van der Waals surface area contributed by atoms with Gasteiger partial charge in [-0.25, -0.2) is 0 Å². The molecule has 1 aromatic heterocycles. The molecular formula is C17H28FN5O3. The van der Waals surface area contributed by atoms with Crippen molar-refractivity contribution in [3.05, 3.63) is 11.9 Å². The van der Waals surface area contributed by atoms with Crippen molar-refractivity contribution in [2.45, 2.75) is 51.4 Å². The molecule has 0 aromatic carbocycles. The van der Waals surface area contributed by atoms with E-state index in [0.717, 1.165) is 10.6 Å². The Hall–Kier alpha value is -2.32. The molecule has 146 valence electrons. The van der Waals surface area contributed by atoms with Gasteiger partial charge in [0.2, 0.25) is 17.7 Å². The van der Waals surface area contributed by atoms with E-state index < -0.39 is 0 Å². The molecule has 0 spiro atoms. The van der Waals surface area contributed by atoms with Gasteiger partial charge in [0.1, 0.15) is 0 Å². The van der Waals surface area contributed by atoms with Crippen molar-refractivity contribution >= 4 is 17.7 Å². The van der Waals surface area contributed by atoms with Gasteiger partial charge in [-0.15, -0.1) is 5.10 Å². The summed E-state index contributed by atoms with van der Waals surface area (Å²) in [6.07, 6.45) is 9.03. The van der Waals surface area contributed by atoms with Gasteiger partial charge in [-0.2, -0.15) is 0 Å². The number of likely N-dealkylation sites (tertiary alicyclic amines) is 1. The molecule has 9 heteroatoms. The maximum atomic E-state index is 11.6. The lowest BCUT2D eigenvalue weighted by molar-refractivity contribution is -0.138. The van der Waals surface area contributed by atoms with Crippen molar-refractivity contribution in [1.82, 2.24) is 25.2 Å². The summed E-state index contributed by atoms with van der Waals surface area (Å²) < 4.78 is 11.1. The van der Waals surface area contributed by atoms with Crippen molar-refractivity contribution in [2.24, 2.45) is 7.05 Å². The van der Waals surface area contributed by atoms with E-state index in [1.807, 2.05) is 0 Å². The first-order valence-electron chi connectivity index (χ1n) is 8.89. The Morgan fingerprint density at radius 1 is 1.15 bits per heavy atom. The first-order chi connectivity index (χ1) is 12.6. The normalized spacial score (nSPS) is 15.4. The summed E-state index contributed by atoms with van der Waals surface area (Å²) >= 11 is 0. The van der Waals surface area contributed by atoms with Gasteiger partial charge in [-0.3, -0.25) is 28.4 Å². The molecule has 0 bridgehead atoms. The lowest BCUT2D eigenvalue weighted by atomic mass is 10.0. The van der Waals surface area contributed by atoms with Crippen LogP contribution in [-0.4, -0.2) is 57.9 Å². The number of aryl methyl sites for hydroxylation is 1. The van der Waals surface area contributed by atoms with E-state index >= 15 is 0 Å². The van der Waals surface area contributed by atoms with Crippen LogP contribution in [0.5, 0.6) is 0 Å². The minimum Gasteiger partial charge on any atom is -0.356 e. The Labute approximate surface area is 153 Å². The van der Waals surface area contributed by atoms with Gasteiger partial charge in [-0.05, 0) is 0 Å². The molecule has 2 aliphatic rings. The van der Waals surface area contributed by atoms with Crippen LogP contribution >= 0.6 is 0 Å². The smallest absolute Gasteiger partial charge is 0.229 e. The van der Waals surface area contributed by atoms with Crippen molar-refractivity contribution in [3.8, 4) is 0 Å². The van der Waals surface area contributed by atoms with Crippen LogP contribution in [0.2, 0.25) is 0 Å². The fraction of sp³-hybridized carbons (Fsp3) is 0.706. The molecule has 1 N–H and O–H groups in total. The molecule has 2 heterocycles. The number of imide groups is 1. The number of rotatable bonds is 6. The van der Waals surface area contributed by atoms with E-state index in [9.17, 15) is 18.8 Å². The number of hydrogen-bond acceptors (Lipinski definition) is 5. The van der Waals surface area contributed by atoms with Crippen LogP contribution in [0.1, 0.15) is 50.6 Å². The standard InChI is InChI=1S/C12H17N5O3.C4H8.CH3F/c1-16-8-9(14-15-16)4-6-13-10(18)5-7-17-11(19)2-3-12(17)20;1-2-4-3-1;1-2/h8H,2-7H2,1H3,(H,13,18);1-4H2;1H3. The molecule has 0 atom stereocenters. The fourth-order valence-corrected chi connectivity index (χ4v) is 2.26. The van der Waals surface area contributed by atoms with Gasteiger partial charge in [-0.1, -0.05) is 30.9 Å². The summed E-state index contributed by atoms with van der Waals surface area (Å²) in [4.78, 5) is 35.5. The first kappa shape index (κ1) is 21.7. The van der Waals surface area contributed by atoms with E-state index in [-0.39, 0.29) is 43.5 Å². The third-order valence-corrected chi connectivity index (χ3v) is 4.07. The largest absolute Gasteiger partial charge is 0.356 e. The second-order valence-electron chi connectivity index (χ2n) is 6.09. The van der Waals surface area contributed by atoms with Gasteiger partial charge < -0.3 is 5.32 Å². The van der Waals surface area contributed by atoms with Crippen molar-refractivity contribution in [2.75, 3.05) is 20.3 Å². The summed E-state index contributed by atoms with van der Waals surface area (Å²) in [5.74, 6) is -0.564. The molecule has 2 fully saturated rings. The van der Waals surface area contributed by atoms with Crippen molar-refractivity contribution in [3.63, 3.8) is 0 Å². The van der Waals surface area contributed by atoms with E-state index in [2.05, 4.69) is 15.6 Å². The molecule has 3 amide bonds. The third kappa shape index (κ3) is 7.71. The average Bonchev–Trinajstić information content (AvgIpc) is 3.12. The Balaban J connectivity index is 0.000000484. The third-order valence-electron chi connectivity index (χ3n) is 4.07. The Kier molecular flexibility index (Phi) is 10.1. The second kappa shape index (κ2) is 12.1. The number of aromatic nitrogens is 3. The van der Waals surface area contributed by atoms with Crippen LogP contribution in [0.4, 0.5) is 4.39 Å². The van der Waals surface area contributed by atoms with Crippen LogP contribution in [0.25, 0.3) is 0 Å². The highest BCUT2D eigenvalue weighted by molar-refractivity contribution is 6.02. The van der Waals surface area contributed by atoms with Crippen LogP contribution in [0, 0.1) is 0 Å². The molecule has 1 aromatic rings. The highest BCUT2D eigenvalue weighted by Crippen LogP contribution is 2.15. The van der Waals surface area contributed by atoms with E-state index in [4.69, 9.17) is 0 Å². The molecule has 0 radical (unpaired) electrons. The lowest BCUT2D eigenvalue weighted by Gasteiger charge is -2.13. The summed E-state index contributed by atoms with van der Waals surface area (Å²) in [5.41, 5.74) is 0.803. The summed E-state index contributed by atoms with van der Waals surface area (Å²) in [6.45, 7) is 0.619. The summed E-state index contributed by atoms with van der Waals surface area (Å²) in [7, 11) is 2.28. The highest BCUT2D eigenvalue weighted by Gasteiger charge is 2.28. The molecule has 3 rings (SSSR count). The quantitative estimate of drug-likeness (QED) is 0.759. The van der Waals surface area contributed by atoms with E-state index in [0.29, 0.717) is 20.1 Å². The fourth-order valence-electron chi connectivity index (χ4n) is 2.26. The molecule has 1 saturated heterocycles. The molecular weight excluding hydrogens is 341 g/mol. The number of amides is 3. The molecule has 8 nitrogen and oxygen atoms in total. The molecule has 1 saturated carbocycles. The number of carbonyl (C=O) groups excluding carboxylic acids is 3. The van der Waals surface area contributed by atoms with Crippen LogP contribution in [0.3, 0.4) is 0 Å². The Morgan fingerprint density at radius 3 is 2.19 bits per heavy atom. The zero-order valence-corrected chi connectivity index (χ0v) is 15.5. The van der Waals surface area contributed by atoms with Gasteiger partial charge in [0.05, 0.1) is 12.9 Å². The van der Waals surface area contributed by atoms with Crippen LogP contribution < -0.4 is 5.32 Å². The van der Waals surface area contributed by atoms with Crippen molar-refractivity contribution < 1.29 is 18.8 Å². The maximum Gasteiger partial charge on any atom is 0.229 e. The number of carbonyl (C=O) groups is 3. The van der Waals surface area contributed by atoms with Gasteiger partial charge in [0.25, 0.3) is 0 Å². The highest BCUT2D eigenvalue weighted by atomic mass is 19.1. The van der Waals surface area contributed by atoms with Gasteiger partial charge >= 0.3 is 0 Å². The van der Waals surface area contributed by atoms with Crippen LogP contribution in [-0.2, 0) is 27.9 Å². The summed E-state index contributed by atoms with van der Waals surface area (Å²) in [5, 5.41) is 10.4. The minimum atomic E-state index is -0.192. The SMILES string of the molecule is C1CCC1.CF.Cn1cc(CCNC(=O)CCN2C(=O)CCC2=O)nn1. The second-order valence-corrected chi connectivity index (χ2v) is 6.09. The Bertz CT molecular complexity index is 567. The predicted molar refractivity (Wildman–Crippen MR) is 93.8 cm³/mol. The molecule has 26 heavy (non-hydrogen) atoms. The van der Waals surface area contributed by atoms with Crippen molar-refractivity contribution in [1.29, 1.82) is 0 Å². The molecule has 1 aliphatic heterocycles. The number of nitrogens with zero attached hydrogens (tertiary/aromatic N) is 4. The van der Waals surface area contributed by atoms with Crippen LogP contribution in [0.15, 0.2) is 6.20 Å². The predicted octanol–water partition coefficient (Wildman–Crippen LogP) is 1.16. The molecule has 1 aliphatic carbocycles. The summed E-state index contributed by atoms with van der Waals surface area (Å²) in [6, 6.07) is 0. The number of nitrogens with one attached hydrogen (secondary N) is 1. The van der Waals surface area contributed by atoms with Gasteiger partial charge in [0, 0.05) is 52.0 Å². The minimum absolute atomic E-state index is 0.137. The topological polar surface area (TPSA) is 97.2 Å². The Morgan fingerprint density at radius 2 is 1.73 bits per heavy atom.